The third-order valence-electron chi connectivity index (χ3n) is 3.04. The number of halogens is 4. The normalized spacial score (nSPS) is 13.3. The molecule has 2 aromatic rings. The molecule has 2 rings (SSSR count). The Morgan fingerprint density at radius 3 is 2.48 bits per heavy atom. The second-order valence-corrected chi connectivity index (χ2v) is 5.63. The number of aromatic nitrogens is 2. The van der Waals surface area contributed by atoms with Crippen LogP contribution in [0.1, 0.15) is 29.8 Å². The molecule has 1 aromatic heterocycles. The van der Waals surface area contributed by atoms with Gasteiger partial charge in [0.2, 0.25) is 0 Å². The van der Waals surface area contributed by atoms with Crippen molar-refractivity contribution in [2.45, 2.75) is 26.1 Å². The maximum Gasteiger partial charge on any atom is 0.417 e. The number of rotatable bonds is 2. The summed E-state index contributed by atoms with van der Waals surface area (Å²) in [7, 11) is 0. The third-order valence-corrected chi connectivity index (χ3v) is 3.53. The number of hydrogen-bond acceptors (Lipinski definition) is 3. The van der Waals surface area contributed by atoms with Gasteiger partial charge < -0.3 is 5.73 Å². The summed E-state index contributed by atoms with van der Waals surface area (Å²) in [5.41, 5.74) is 6.22. The molecular weight excluding hydrogens is 347 g/mol. The molecule has 0 amide bonds. The maximum absolute atomic E-state index is 13.1. The third kappa shape index (κ3) is 3.41. The van der Waals surface area contributed by atoms with Gasteiger partial charge in [0.15, 0.2) is 5.82 Å². The van der Waals surface area contributed by atoms with Crippen molar-refractivity contribution in [3.63, 3.8) is 0 Å². The smallest absolute Gasteiger partial charge is 0.324 e. The lowest BCUT2D eigenvalue weighted by atomic mass is 10.1. The van der Waals surface area contributed by atoms with Crippen molar-refractivity contribution in [2.75, 3.05) is 0 Å². The van der Waals surface area contributed by atoms with Crippen LogP contribution < -0.4 is 5.73 Å². The number of aryl methyl sites for hydroxylation is 1. The summed E-state index contributed by atoms with van der Waals surface area (Å²) in [5.74, 6) is 0.0386. The van der Waals surface area contributed by atoms with Crippen LogP contribution >= 0.6 is 15.9 Å². The van der Waals surface area contributed by atoms with E-state index < -0.39 is 11.7 Å². The van der Waals surface area contributed by atoms with Gasteiger partial charge in [0.25, 0.3) is 0 Å². The van der Waals surface area contributed by atoms with Crippen LogP contribution in [0.2, 0.25) is 0 Å². The average molecular weight is 360 g/mol. The highest BCUT2D eigenvalue weighted by molar-refractivity contribution is 9.10. The first-order chi connectivity index (χ1) is 9.70. The van der Waals surface area contributed by atoms with Gasteiger partial charge in [-0.1, -0.05) is 15.9 Å². The Kier molecular flexibility index (Phi) is 4.34. The molecule has 7 heteroatoms. The summed E-state index contributed by atoms with van der Waals surface area (Å²) in [5, 5.41) is 0. The zero-order valence-corrected chi connectivity index (χ0v) is 13.0. The van der Waals surface area contributed by atoms with Crippen molar-refractivity contribution < 1.29 is 13.2 Å². The molecule has 0 saturated heterocycles. The number of hydrogen-bond donors (Lipinski definition) is 1. The highest BCUT2D eigenvalue weighted by Gasteiger charge is 2.34. The molecule has 0 aliphatic heterocycles. The van der Waals surface area contributed by atoms with Crippen LogP contribution in [0.3, 0.4) is 0 Å². The van der Waals surface area contributed by atoms with E-state index in [0.717, 1.165) is 6.07 Å². The van der Waals surface area contributed by atoms with E-state index in [4.69, 9.17) is 5.73 Å². The quantitative estimate of drug-likeness (QED) is 0.871. The summed E-state index contributed by atoms with van der Waals surface area (Å²) < 4.78 is 39.7. The lowest BCUT2D eigenvalue weighted by Gasteiger charge is -2.14. The van der Waals surface area contributed by atoms with E-state index in [9.17, 15) is 13.2 Å². The molecule has 0 aliphatic carbocycles. The van der Waals surface area contributed by atoms with Crippen LogP contribution in [0.4, 0.5) is 13.2 Å². The van der Waals surface area contributed by atoms with Crippen molar-refractivity contribution in [3.8, 4) is 11.4 Å². The Morgan fingerprint density at radius 2 is 1.95 bits per heavy atom. The molecule has 1 atom stereocenters. The number of nitrogens with zero attached hydrogens (tertiary/aromatic N) is 2. The Labute approximate surface area is 128 Å². The molecule has 112 valence electrons. The maximum atomic E-state index is 13.1. The van der Waals surface area contributed by atoms with E-state index in [-0.39, 0.29) is 17.4 Å². The highest BCUT2D eigenvalue weighted by Crippen LogP contribution is 2.37. The van der Waals surface area contributed by atoms with Crippen LogP contribution in [0, 0.1) is 6.92 Å². The van der Waals surface area contributed by atoms with Gasteiger partial charge in [0, 0.05) is 33.5 Å². The van der Waals surface area contributed by atoms with Crippen LogP contribution in [0.15, 0.2) is 28.9 Å². The first kappa shape index (κ1) is 15.9. The van der Waals surface area contributed by atoms with Crippen LogP contribution in [-0.2, 0) is 6.18 Å². The predicted octanol–water partition coefficient (Wildman–Crippen LogP) is 4.25. The van der Waals surface area contributed by atoms with Gasteiger partial charge in [-0.3, -0.25) is 0 Å². The molecule has 0 bridgehead atoms. The first-order valence-corrected chi connectivity index (χ1v) is 6.95. The lowest BCUT2D eigenvalue weighted by molar-refractivity contribution is -0.137. The van der Waals surface area contributed by atoms with Gasteiger partial charge >= 0.3 is 6.18 Å². The van der Waals surface area contributed by atoms with E-state index >= 15 is 0 Å². The van der Waals surface area contributed by atoms with E-state index in [0.29, 0.717) is 15.7 Å². The summed E-state index contributed by atoms with van der Waals surface area (Å²) in [4.78, 5) is 8.19. The van der Waals surface area contributed by atoms with Crippen molar-refractivity contribution in [1.82, 2.24) is 9.97 Å². The Balaban J connectivity index is 2.60. The van der Waals surface area contributed by atoms with E-state index in [2.05, 4.69) is 25.9 Å². The summed E-state index contributed by atoms with van der Waals surface area (Å²) >= 11 is 3.05. The standard InChI is InChI=1S/C14H13BrF3N3/c1-7(19)11-6-20-13(21-8(11)2)10-4-3-9(15)5-12(10)14(16,17)18/h3-7H,19H2,1-2H3/t7-/m0/s1. The molecule has 0 radical (unpaired) electrons. The Bertz CT molecular complexity index is 669. The summed E-state index contributed by atoms with van der Waals surface area (Å²) in [6.07, 6.45) is -3.00. The zero-order chi connectivity index (χ0) is 15.8. The van der Waals surface area contributed by atoms with Crippen molar-refractivity contribution in [3.05, 3.63) is 45.7 Å². The van der Waals surface area contributed by atoms with Gasteiger partial charge in [-0.2, -0.15) is 13.2 Å². The molecule has 0 unspecified atom stereocenters. The minimum Gasteiger partial charge on any atom is -0.324 e. The van der Waals surface area contributed by atoms with Crippen LogP contribution in [0.25, 0.3) is 11.4 Å². The highest BCUT2D eigenvalue weighted by atomic mass is 79.9. The first-order valence-electron chi connectivity index (χ1n) is 6.16. The molecule has 1 aromatic carbocycles. The van der Waals surface area contributed by atoms with Gasteiger partial charge in [0.1, 0.15) is 0 Å². The fourth-order valence-electron chi connectivity index (χ4n) is 2.00. The summed E-state index contributed by atoms with van der Waals surface area (Å²) in [6.45, 7) is 3.47. The summed E-state index contributed by atoms with van der Waals surface area (Å²) in [6, 6.07) is 3.63. The molecule has 3 nitrogen and oxygen atoms in total. The topological polar surface area (TPSA) is 51.8 Å². The minimum atomic E-state index is -4.48. The molecule has 0 spiro atoms. The van der Waals surface area contributed by atoms with Crippen molar-refractivity contribution >= 4 is 15.9 Å². The zero-order valence-electron chi connectivity index (χ0n) is 11.4. The number of alkyl halides is 3. The second kappa shape index (κ2) is 5.73. The lowest BCUT2D eigenvalue weighted by Crippen LogP contribution is -2.11. The fraction of sp³-hybridized carbons (Fsp3) is 0.286. The van der Waals surface area contributed by atoms with Gasteiger partial charge in [-0.05, 0) is 32.0 Å². The monoisotopic (exact) mass is 359 g/mol. The molecule has 0 fully saturated rings. The Hall–Kier alpha value is -1.47. The molecular formula is C14H13BrF3N3. The van der Waals surface area contributed by atoms with Crippen LogP contribution in [0.5, 0.6) is 0 Å². The SMILES string of the molecule is Cc1nc(-c2ccc(Br)cc2C(F)(F)F)ncc1[C@H](C)N. The van der Waals surface area contributed by atoms with E-state index in [1.807, 2.05) is 0 Å². The molecule has 0 aliphatic rings. The Morgan fingerprint density at radius 1 is 1.29 bits per heavy atom. The van der Waals surface area contributed by atoms with Gasteiger partial charge in [-0.25, -0.2) is 9.97 Å². The van der Waals surface area contributed by atoms with E-state index in [1.165, 1.54) is 18.3 Å². The van der Waals surface area contributed by atoms with Gasteiger partial charge in [0.05, 0.1) is 5.56 Å². The predicted molar refractivity (Wildman–Crippen MR) is 77.5 cm³/mol. The second-order valence-electron chi connectivity index (χ2n) is 4.71. The van der Waals surface area contributed by atoms with Crippen molar-refractivity contribution in [2.24, 2.45) is 5.73 Å². The molecule has 2 N–H and O–H groups in total. The van der Waals surface area contributed by atoms with E-state index in [1.54, 1.807) is 13.8 Å². The number of nitrogens with two attached hydrogens (primary N) is 1. The number of benzene rings is 1. The largest absolute Gasteiger partial charge is 0.417 e. The molecule has 21 heavy (non-hydrogen) atoms. The minimum absolute atomic E-state index is 0.0386. The fourth-order valence-corrected chi connectivity index (χ4v) is 2.36. The van der Waals surface area contributed by atoms with Crippen LogP contribution in [-0.4, -0.2) is 9.97 Å². The average Bonchev–Trinajstić information content (AvgIpc) is 2.37. The van der Waals surface area contributed by atoms with Crippen molar-refractivity contribution in [1.29, 1.82) is 0 Å². The molecule has 1 heterocycles. The molecule has 0 saturated carbocycles. The van der Waals surface area contributed by atoms with Gasteiger partial charge in [-0.15, -0.1) is 0 Å².